The zero-order valence-electron chi connectivity index (χ0n) is 17.3. The Morgan fingerprint density at radius 1 is 1.42 bits per heavy atom. The average molecular weight is 496 g/mol. The first kappa shape index (κ1) is 26.2. The molecular weight excluding hydrogens is 469 g/mol. The van der Waals surface area contributed by atoms with Crippen molar-refractivity contribution in [2.45, 2.75) is 50.4 Å². The zero-order chi connectivity index (χ0) is 23.2. The lowest BCUT2D eigenvalue weighted by Gasteiger charge is -2.20. The van der Waals surface area contributed by atoms with Crippen LogP contribution in [0.1, 0.15) is 39.0 Å². The maximum atomic E-state index is 12.3. The zero-order valence-corrected chi connectivity index (χ0v) is 19.8. The van der Waals surface area contributed by atoms with Crippen LogP contribution in [0.15, 0.2) is 15.8 Å². The number of phosphoric acid groups is 1. The van der Waals surface area contributed by atoms with Crippen molar-refractivity contribution in [3.8, 4) is 11.8 Å². The molecule has 1 aliphatic heterocycles. The lowest BCUT2D eigenvalue weighted by molar-refractivity contribution is -0.0544. The summed E-state index contributed by atoms with van der Waals surface area (Å²) < 4.78 is 28.5. The third-order valence-corrected chi connectivity index (χ3v) is 7.31. The van der Waals surface area contributed by atoms with Crippen molar-refractivity contribution >= 4 is 29.4 Å². The van der Waals surface area contributed by atoms with Gasteiger partial charge < -0.3 is 25.0 Å². The number of hydrogen-bond acceptors (Lipinski definition) is 9. The molecule has 174 valence electrons. The number of ether oxygens (including phenoxy) is 2. The molecule has 14 heteroatoms. The van der Waals surface area contributed by atoms with Gasteiger partial charge in [-0.1, -0.05) is 54.2 Å². The van der Waals surface area contributed by atoms with Crippen LogP contribution in [0.3, 0.4) is 0 Å². The van der Waals surface area contributed by atoms with Crippen molar-refractivity contribution < 1.29 is 28.3 Å². The molecule has 11 nitrogen and oxygen atoms in total. The Bertz CT molecular complexity index is 975. The van der Waals surface area contributed by atoms with Gasteiger partial charge in [0.05, 0.1) is 19.3 Å². The molecule has 0 aliphatic carbocycles. The van der Waals surface area contributed by atoms with Crippen LogP contribution in [-0.2, 0) is 18.6 Å². The Balaban J connectivity index is 2.18. The molecule has 2 heterocycles. The van der Waals surface area contributed by atoms with Crippen LogP contribution in [0.5, 0.6) is 0 Å². The summed E-state index contributed by atoms with van der Waals surface area (Å²) in [5.74, 6) is 5.43. The van der Waals surface area contributed by atoms with E-state index in [1.807, 2.05) is 0 Å². The summed E-state index contributed by atoms with van der Waals surface area (Å²) in [6, 6.07) is 0. The van der Waals surface area contributed by atoms with Gasteiger partial charge in [-0.15, -0.1) is 0 Å². The van der Waals surface area contributed by atoms with Crippen LogP contribution in [0, 0.1) is 11.8 Å². The van der Waals surface area contributed by atoms with E-state index >= 15 is 0 Å². The van der Waals surface area contributed by atoms with Gasteiger partial charge in [0, 0.05) is 17.4 Å². The summed E-state index contributed by atoms with van der Waals surface area (Å²) in [5, 5.41) is 0. The summed E-state index contributed by atoms with van der Waals surface area (Å²) in [6.07, 6.45) is -0.816. The predicted molar refractivity (Wildman–Crippen MR) is 118 cm³/mol. The average Bonchev–Trinajstić information content (AvgIpc) is 3.04. The maximum absolute atomic E-state index is 12.3. The van der Waals surface area contributed by atoms with Gasteiger partial charge >= 0.3 is 13.5 Å². The van der Waals surface area contributed by atoms with Gasteiger partial charge in [-0.3, -0.25) is 18.9 Å². The molecule has 3 atom stereocenters. The Kier molecular flexibility index (Phi) is 9.44. The molecule has 0 spiro atoms. The molecule has 1 aromatic rings. The molecule has 1 fully saturated rings. The number of H-pyrrole nitrogens is 1. The molecule has 0 saturated carbocycles. The van der Waals surface area contributed by atoms with Crippen LogP contribution < -0.4 is 17.0 Å². The highest BCUT2D eigenvalue weighted by atomic mass is 33.1. The molecule has 31 heavy (non-hydrogen) atoms. The number of phosphoric ester groups is 1. The SMILES string of the molecule is CC(C)(C)SSCOC1C[C@H](n2cc(C#CCN)c(=O)[nH]c2=O)O[C@@H]1COP(=O)(O)O. The van der Waals surface area contributed by atoms with Crippen molar-refractivity contribution in [2.24, 2.45) is 5.73 Å². The Labute approximate surface area is 187 Å². The van der Waals surface area contributed by atoms with Crippen LogP contribution in [0.25, 0.3) is 0 Å². The van der Waals surface area contributed by atoms with Gasteiger partial charge in [0.25, 0.3) is 5.56 Å². The second-order valence-electron chi connectivity index (χ2n) is 7.50. The molecule has 5 N–H and O–H groups in total. The molecule has 0 radical (unpaired) electrons. The fraction of sp³-hybridized carbons (Fsp3) is 0.647. The minimum absolute atomic E-state index is 0.0237. The van der Waals surface area contributed by atoms with E-state index in [-0.39, 0.29) is 23.3 Å². The summed E-state index contributed by atoms with van der Waals surface area (Å²) in [7, 11) is -1.61. The number of nitrogens with zero attached hydrogens (tertiary/aromatic N) is 1. The standard InChI is InChI=1S/C17H26N3O8PS2/c1-17(2,3)31-30-10-26-12-7-14(28-13(12)9-27-29(23,24)25)20-8-11(5-4-6-18)15(21)19-16(20)22/h8,12-14H,6-7,9-10,18H2,1-3H3,(H,19,21,22)(H2,23,24,25)/t12?,13-,14-/m1/s1. The first-order valence-electron chi connectivity index (χ1n) is 9.22. The van der Waals surface area contributed by atoms with Gasteiger partial charge in [0.1, 0.15) is 23.8 Å². The van der Waals surface area contributed by atoms with Crippen molar-refractivity contribution in [3.63, 3.8) is 0 Å². The van der Waals surface area contributed by atoms with Gasteiger partial charge in [0.15, 0.2) is 0 Å². The van der Waals surface area contributed by atoms with E-state index in [0.29, 0.717) is 5.94 Å². The highest BCUT2D eigenvalue weighted by Gasteiger charge is 2.39. The molecule has 0 bridgehead atoms. The molecule has 1 saturated heterocycles. The quantitative estimate of drug-likeness (QED) is 0.132. The van der Waals surface area contributed by atoms with Crippen LogP contribution in [-0.4, -0.2) is 55.4 Å². The highest BCUT2D eigenvalue weighted by Crippen LogP contribution is 2.40. The molecule has 1 aliphatic rings. The van der Waals surface area contributed by atoms with Crippen LogP contribution in [0.4, 0.5) is 0 Å². The normalized spacial score (nSPS) is 21.7. The second kappa shape index (κ2) is 11.2. The van der Waals surface area contributed by atoms with E-state index in [2.05, 4.69) is 42.1 Å². The van der Waals surface area contributed by atoms with Gasteiger partial charge in [0.2, 0.25) is 0 Å². The fourth-order valence-electron chi connectivity index (χ4n) is 2.62. The van der Waals surface area contributed by atoms with E-state index in [4.69, 9.17) is 25.0 Å². The summed E-state index contributed by atoms with van der Waals surface area (Å²) in [5.41, 5.74) is 4.01. The van der Waals surface area contributed by atoms with Gasteiger partial charge in [-0.2, -0.15) is 0 Å². The van der Waals surface area contributed by atoms with Crippen molar-refractivity contribution in [3.05, 3.63) is 32.6 Å². The number of hydrogen-bond donors (Lipinski definition) is 4. The minimum Gasteiger partial charge on any atom is -0.364 e. The Morgan fingerprint density at radius 2 is 2.13 bits per heavy atom. The lowest BCUT2D eigenvalue weighted by Crippen LogP contribution is -2.33. The monoisotopic (exact) mass is 495 g/mol. The predicted octanol–water partition coefficient (Wildman–Crippen LogP) is 0.766. The number of nitrogens with one attached hydrogen (secondary N) is 1. The summed E-state index contributed by atoms with van der Waals surface area (Å²) in [6.45, 7) is 5.79. The smallest absolute Gasteiger partial charge is 0.364 e. The molecule has 0 amide bonds. The summed E-state index contributed by atoms with van der Waals surface area (Å²) in [4.78, 5) is 44.4. The van der Waals surface area contributed by atoms with E-state index in [1.165, 1.54) is 17.0 Å². The van der Waals surface area contributed by atoms with E-state index in [1.54, 1.807) is 10.8 Å². The van der Waals surface area contributed by atoms with Crippen LogP contribution >= 0.6 is 29.4 Å². The lowest BCUT2D eigenvalue weighted by atomic mass is 10.2. The maximum Gasteiger partial charge on any atom is 0.469 e. The molecule has 1 aromatic heterocycles. The first-order valence-corrected chi connectivity index (χ1v) is 13.1. The number of nitrogens with two attached hydrogens (primary N) is 1. The Morgan fingerprint density at radius 3 is 2.74 bits per heavy atom. The van der Waals surface area contributed by atoms with Crippen molar-refractivity contribution in [1.82, 2.24) is 9.55 Å². The largest absolute Gasteiger partial charge is 0.469 e. The topological polar surface area (TPSA) is 166 Å². The van der Waals surface area contributed by atoms with Crippen molar-refractivity contribution in [1.29, 1.82) is 0 Å². The Hall–Kier alpha value is -1.07. The van der Waals surface area contributed by atoms with Gasteiger partial charge in [-0.05, 0) is 0 Å². The highest BCUT2D eigenvalue weighted by molar-refractivity contribution is 8.77. The number of aromatic nitrogens is 2. The van der Waals surface area contributed by atoms with Gasteiger partial charge in [-0.25, -0.2) is 9.36 Å². The summed E-state index contributed by atoms with van der Waals surface area (Å²) >= 11 is 0. The van der Waals surface area contributed by atoms with E-state index in [9.17, 15) is 14.2 Å². The second-order valence-corrected chi connectivity index (χ2v) is 11.8. The van der Waals surface area contributed by atoms with E-state index in [0.717, 1.165) is 4.57 Å². The minimum atomic E-state index is -4.72. The molecule has 1 unspecified atom stereocenters. The van der Waals surface area contributed by atoms with Crippen LogP contribution in [0.2, 0.25) is 0 Å². The fourth-order valence-corrected chi connectivity index (χ4v) is 4.96. The molecule has 2 rings (SSSR count). The van der Waals surface area contributed by atoms with Crippen molar-refractivity contribution in [2.75, 3.05) is 19.1 Å². The van der Waals surface area contributed by atoms with E-state index < -0.39 is 44.1 Å². The first-order chi connectivity index (χ1) is 14.4. The molecule has 0 aromatic carbocycles. The number of aromatic amines is 1. The molecular formula is C17H26N3O8PS2. The third kappa shape index (κ3) is 8.76. The number of rotatable bonds is 8. The third-order valence-electron chi connectivity index (χ3n) is 3.83.